The number of hydrogen-bond donors (Lipinski definition) is 2. The Morgan fingerprint density at radius 3 is 2.67 bits per heavy atom. The Labute approximate surface area is 110 Å². The molecule has 0 bridgehead atoms. The molecule has 0 aromatic heterocycles. The molecule has 1 atom stereocenters. The normalized spacial score (nSPS) is 26.4. The summed E-state index contributed by atoms with van der Waals surface area (Å²) in [6.45, 7) is 10.2. The maximum Gasteiger partial charge on any atom is 0.317 e. The standard InChI is InChI=1S/C13H26N4O/c1-11(2)15-13(18)17-7-3-4-12(10-17)16-8-5-14-6-9-16/h11-12,14H,3-10H2,1-2H3,(H,15,18). The zero-order valence-electron chi connectivity index (χ0n) is 11.6. The highest BCUT2D eigenvalue weighted by molar-refractivity contribution is 5.74. The fraction of sp³-hybridized carbons (Fsp3) is 0.923. The van der Waals surface area contributed by atoms with E-state index in [1.165, 1.54) is 6.42 Å². The van der Waals surface area contributed by atoms with E-state index >= 15 is 0 Å². The summed E-state index contributed by atoms with van der Waals surface area (Å²) in [4.78, 5) is 16.5. The molecule has 18 heavy (non-hydrogen) atoms. The van der Waals surface area contributed by atoms with Crippen molar-refractivity contribution in [2.45, 2.75) is 38.8 Å². The second kappa shape index (κ2) is 6.38. The molecule has 2 fully saturated rings. The Bertz CT molecular complexity index is 276. The molecule has 104 valence electrons. The van der Waals surface area contributed by atoms with Crippen molar-refractivity contribution in [3.8, 4) is 0 Å². The first-order chi connectivity index (χ1) is 8.66. The number of carbonyl (C=O) groups excluding carboxylic acids is 1. The Kier molecular flexibility index (Phi) is 4.83. The van der Waals surface area contributed by atoms with E-state index in [0.29, 0.717) is 6.04 Å². The minimum absolute atomic E-state index is 0.102. The number of carbonyl (C=O) groups is 1. The largest absolute Gasteiger partial charge is 0.336 e. The number of rotatable bonds is 2. The first kappa shape index (κ1) is 13.6. The maximum atomic E-state index is 12.0. The molecular formula is C13H26N4O. The van der Waals surface area contributed by atoms with Crippen molar-refractivity contribution in [1.29, 1.82) is 0 Å². The molecule has 0 spiro atoms. The van der Waals surface area contributed by atoms with Gasteiger partial charge >= 0.3 is 6.03 Å². The van der Waals surface area contributed by atoms with Gasteiger partial charge in [-0.15, -0.1) is 0 Å². The van der Waals surface area contributed by atoms with E-state index in [0.717, 1.165) is 45.7 Å². The third-order valence-corrected chi connectivity index (χ3v) is 3.76. The van der Waals surface area contributed by atoms with Gasteiger partial charge in [0.1, 0.15) is 0 Å². The van der Waals surface area contributed by atoms with Crippen molar-refractivity contribution in [1.82, 2.24) is 20.4 Å². The first-order valence-electron chi connectivity index (χ1n) is 7.17. The number of urea groups is 1. The summed E-state index contributed by atoms with van der Waals surface area (Å²) in [6, 6.07) is 0.876. The van der Waals surface area contributed by atoms with Crippen molar-refractivity contribution in [2.75, 3.05) is 39.3 Å². The quantitative estimate of drug-likeness (QED) is 0.753. The summed E-state index contributed by atoms with van der Waals surface area (Å²) in [6.07, 6.45) is 2.35. The summed E-state index contributed by atoms with van der Waals surface area (Å²) >= 11 is 0. The number of likely N-dealkylation sites (tertiary alicyclic amines) is 1. The van der Waals surface area contributed by atoms with Crippen LogP contribution in [0.25, 0.3) is 0 Å². The fourth-order valence-electron chi connectivity index (χ4n) is 2.82. The summed E-state index contributed by atoms with van der Waals surface area (Å²) in [5.74, 6) is 0. The average Bonchev–Trinajstić information content (AvgIpc) is 2.39. The molecule has 2 N–H and O–H groups in total. The number of nitrogens with zero attached hydrogens (tertiary/aromatic N) is 2. The molecule has 2 amide bonds. The van der Waals surface area contributed by atoms with Crippen LogP contribution >= 0.6 is 0 Å². The van der Waals surface area contributed by atoms with Gasteiger partial charge in [-0.05, 0) is 26.7 Å². The van der Waals surface area contributed by atoms with Crippen LogP contribution in [0, 0.1) is 0 Å². The second-order valence-electron chi connectivity index (χ2n) is 5.63. The van der Waals surface area contributed by atoms with Gasteiger partial charge in [0.15, 0.2) is 0 Å². The van der Waals surface area contributed by atoms with Gasteiger partial charge in [-0.1, -0.05) is 0 Å². The molecular weight excluding hydrogens is 228 g/mol. The summed E-state index contributed by atoms with van der Waals surface area (Å²) in [5, 5.41) is 6.37. The molecule has 0 saturated carbocycles. The third-order valence-electron chi connectivity index (χ3n) is 3.76. The fourth-order valence-corrected chi connectivity index (χ4v) is 2.82. The molecule has 2 saturated heterocycles. The number of hydrogen-bond acceptors (Lipinski definition) is 3. The van der Waals surface area contributed by atoms with Gasteiger partial charge in [-0.2, -0.15) is 0 Å². The molecule has 5 nitrogen and oxygen atoms in total. The molecule has 0 radical (unpaired) electrons. The lowest BCUT2D eigenvalue weighted by Crippen LogP contribution is -2.56. The molecule has 0 aromatic carbocycles. The predicted molar refractivity (Wildman–Crippen MR) is 72.7 cm³/mol. The van der Waals surface area contributed by atoms with E-state index in [1.807, 2.05) is 18.7 Å². The van der Waals surface area contributed by atoms with E-state index in [-0.39, 0.29) is 12.1 Å². The minimum atomic E-state index is 0.102. The smallest absolute Gasteiger partial charge is 0.317 e. The molecule has 5 heteroatoms. The van der Waals surface area contributed by atoms with E-state index in [1.54, 1.807) is 0 Å². The van der Waals surface area contributed by atoms with Gasteiger partial charge in [-0.3, -0.25) is 4.90 Å². The number of amides is 2. The first-order valence-corrected chi connectivity index (χ1v) is 7.17. The van der Waals surface area contributed by atoms with Crippen LogP contribution in [0.2, 0.25) is 0 Å². The maximum absolute atomic E-state index is 12.0. The van der Waals surface area contributed by atoms with E-state index in [2.05, 4.69) is 15.5 Å². The van der Waals surface area contributed by atoms with Crippen molar-refractivity contribution in [2.24, 2.45) is 0 Å². The Morgan fingerprint density at radius 2 is 2.00 bits per heavy atom. The molecule has 2 rings (SSSR count). The van der Waals surface area contributed by atoms with Crippen LogP contribution in [0.3, 0.4) is 0 Å². The third kappa shape index (κ3) is 3.59. The number of piperidine rings is 1. The van der Waals surface area contributed by atoms with Crippen LogP contribution in [0.5, 0.6) is 0 Å². The molecule has 0 aliphatic carbocycles. The van der Waals surface area contributed by atoms with Gasteiger partial charge in [0.2, 0.25) is 0 Å². The summed E-state index contributed by atoms with van der Waals surface area (Å²) < 4.78 is 0. The monoisotopic (exact) mass is 254 g/mol. The lowest BCUT2D eigenvalue weighted by Gasteiger charge is -2.41. The molecule has 0 aromatic rings. The predicted octanol–water partition coefficient (Wildman–Crippen LogP) is 0.474. The van der Waals surface area contributed by atoms with Gasteiger partial charge in [0.05, 0.1) is 0 Å². The highest BCUT2D eigenvalue weighted by atomic mass is 16.2. The van der Waals surface area contributed by atoms with Crippen LogP contribution in [-0.4, -0.2) is 67.2 Å². The zero-order chi connectivity index (χ0) is 13.0. The molecule has 1 unspecified atom stereocenters. The average molecular weight is 254 g/mol. The highest BCUT2D eigenvalue weighted by Gasteiger charge is 2.28. The SMILES string of the molecule is CC(C)NC(=O)N1CCCC(N2CCNCC2)C1. The Hall–Kier alpha value is -0.810. The van der Waals surface area contributed by atoms with Gasteiger partial charge in [0.25, 0.3) is 0 Å². The van der Waals surface area contributed by atoms with E-state index in [9.17, 15) is 4.79 Å². The van der Waals surface area contributed by atoms with Crippen LogP contribution in [0.1, 0.15) is 26.7 Å². The van der Waals surface area contributed by atoms with Crippen LogP contribution in [0.15, 0.2) is 0 Å². The molecule has 2 aliphatic heterocycles. The Morgan fingerprint density at radius 1 is 1.28 bits per heavy atom. The lowest BCUT2D eigenvalue weighted by molar-refractivity contribution is 0.0983. The summed E-state index contributed by atoms with van der Waals surface area (Å²) in [7, 11) is 0. The van der Waals surface area contributed by atoms with Crippen molar-refractivity contribution in [3.05, 3.63) is 0 Å². The van der Waals surface area contributed by atoms with Crippen molar-refractivity contribution < 1.29 is 4.79 Å². The molecule has 2 heterocycles. The number of nitrogens with one attached hydrogen (secondary N) is 2. The van der Waals surface area contributed by atoms with Crippen LogP contribution in [-0.2, 0) is 0 Å². The van der Waals surface area contributed by atoms with Gasteiger partial charge in [0, 0.05) is 51.4 Å². The topological polar surface area (TPSA) is 47.6 Å². The summed E-state index contributed by atoms with van der Waals surface area (Å²) in [5.41, 5.74) is 0. The lowest BCUT2D eigenvalue weighted by atomic mass is 10.0. The Balaban J connectivity index is 1.85. The number of piperazine rings is 1. The minimum Gasteiger partial charge on any atom is -0.336 e. The second-order valence-corrected chi connectivity index (χ2v) is 5.63. The van der Waals surface area contributed by atoms with E-state index in [4.69, 9.17) is 0 Å². The van der Waals surface area contributed by atoms with Crippen molar-refractivity contribution in [3.63, 3.8) is 0 Å². The van der Waals surface area contributed by atoms with Crippen LogP contribution < -0.4 is 10.6 Å². The van der Waals surface area contributed by atoms with Crippen LogP contribution in [0.4, 0.5) is 4.79 Å². The molecule has 2 aliphatic rings. The van der Waals surface area contributed by atoms with E-state index < -0.39 is 0 Å². The van der Waals surface area contributed by atoms with Crippen molar-refractivity contribution >= 4 is 6.03 Å². The zero-order valence-corrected chi connectivity index (χ0v) is 11.6. The van der Waals surface area contributed by atoms with Gasteiger partial charge < -0.3 is 15.5 Å². The highest BCUT2D eigenvalue weighted by Crippen LogP contribution is 2.16. The van der Waals surface area contributed by atoms with Gasteiger partial charge in [-0.25, -0.2) is 4.79 Å².